The molecular weight excluding hydrogens is 889 g/mol. The second-order valence-electron chi connectivity index (χ2n) is 19.9. The maximum Gasteiger partial charge on any atom is 0.306 e. The lowest BCUT2D eigenvalue weighted by Gasteiger charge is -2.18. The van der Waals surface area contributed by atoms with E-state index in [-0.39, 0.29) is 31.1 Å². The molecule has 0 saturated heterocycles. The topological polar surface area (TPSA) is 78.9 Å². The third-order valence-electron chi connectivity index (χ3n) is 12.8. The molecule has 412 valence electrons. The van der Waals surface area contributed by atoms with Crippen LogP contribution in [0.2, 0.25) is 0 Å². The second kappa shape index (κ2) is 59.9. The SMILES string of the molecule is CC/C=C\C/C=C\C/C=C\C/C=C\CCCCCCCCC(=O)OCC(COC(=O)CCCCCCCCC/C=C\C/C=C\CCCCC)OC(=O)CCCCCCCCC/C=C\C/C=C\CCCCCC. The smallest absolute Gasteiger partial charge is 0.306 e. The molecule has 0 saturated carbocycles. The first-order chi connectivity index (χ1) is 35.5. The molecule has 0 heterocycles. The highest BCUT2D eigenvalue weighted by atomic mass is 16.6. The predicted molar refractivity (Wildman–Crippen MR) is 311 cm³/mol. The molecule has 6 nitrogen and oxygen atoms in total. The highest BCUT2D eigenvalue weighted by Gasteiger charge is 2.19. The van der Waals surface area contributed by atoms with Crippen molar-refractivity contribution in [3.05, 3.63) is 97.2 Å². The monoisotopic (exact) mass is 1000 g/mol. The molecule has 1 atom stereocenters. The summed E-state index contributed by atoms with van der Waals surface area (Å²) >= 11 is 0. The molecule has 0 aliphatic rings. The minimum atomic E-state index is -0.793. The molecule has 1 unspecified atom stereocenters. The molecule has 0 fully saturated rings. The number of allylic oxidation sites excluding steroid dienone is 16. The van der Waals surface area contributed by atoms with Crippen molar-refractivity contribution in [3.8, 4) is 0 Å². The van der Waals surface area contributed by atoms with Crippen molar-refractivity contribution >= 4 is 17.9 Å². The van der Waals surface area contributed by atoms with Crippen molar-refractivity contribution in [2.75, 3.05) is 13.2 Å². The maximum atomic E-state index is 12.9. The zero-order valence-electron chi connectivity index (χ0n) is 47.2. The third-order valence-corrected chi connectivity index (χ3v) is 12.8. The summed E-state index contributed by atoms with van der Waals surface area (Å²) in [7, 11) is 0. The lowest BCUT2D eigenvalue weighted by Crippen LogP contribution is -2.30. The summed E-state index contributed by atoms with van der Waals surface area (Å²) in [5, 5.41) is 0. The summed E-state index contributed by atoms with van der Waals surface area (Å²) in [6.07, 6.45) is 79.6. The van der Waals surface area contributed by atoms with E-state index in [1.54, 1.807) is 0 Å². The van der Waals surface area contributed by atoms with Gasteiger partial charge in [-0.15, -0.1) is 0 Å². The Bertz CT molecular complexity index is 1430. The van der Waals surface area contributed by atoms with Crippen LogP contribution in [-0.2, 0) is 28.6 Å². The highest BCUT2D eigenvalue weighted by Crippen LogP contribution is 2.15. The molecule has 0 spiro atoms. The van der Waals surface area contributed by atoms with E-state index in [1.807, 2.05) is 0 Å². The fourth-order valence-electron chi connectivity index (χ4n) is 8.26. The molecule has 0 aliphatic heterocycles. The molecule has 0 rings (SSSR count). The molecule has 0 aromatic heterocycles. The summed E-state index contributed by atoms with van der Waals surface area (Å²) in [6.45, 7) is 6.48. The molecule has 72 heavy (non-hydrogen) atoms. The van der Waals surface area contributed by atoms with Gasteiger partial charge in [0.05, 0.1) is 0 Å². The molecule has 6 heteroatoms. The summed E-state index contributed by atoms with van der Waals surface area (Å²) < 4.78 is 16.9. The molecule has 0 N–H and O–H groups in total. The fourth-order valence-corrected chi connectivity index (χ4v) is 8.26. The van der Waals surface area contributed by atoms with E-state index >= 15 is 0 Å². The Morgan fingerprint density at radius 2 is 0.542 bits per heavy atom. The van der Waals surface area contributed by atoms with Gasteiger partial charge in [-0.25, -0.2) is 0 Å². The predicted octanol–water partition coefficient (Wildman–Crippen LogP) is 20.5. The van der Waals surface area contributed by atoms with E-state index in [4.69, 9.17) is 14.2 Å². The van der Waals surface area contributed by atoms with E-state index in [0.717, 1.165) is 122 Å². The van der Waals surface area contributed by atoms with Crippen LogP contribution in [0.4, 0.5) is 0 Å². The first kappa shape index (κ1) is 68.3. The Hall–Kier alpha value is -3.67. The fraction of sp³-hybridized carbons (Fsp3) is 0.712. The summed E-state index contributed by atoms with van der Waals surface area (Å²) in [5.41, 5.74) is 0. The largest absolute Gasteiger partial charge is 0.462 e. The normalized spacial score (nSPS) is 12.8. The summed E-state index contributed by atoms with van der Waals surface area (Å²) in [6, 6.07) is 0. The number of hydrogen-bond acceptors (Lipinski definition) is 6. The van der Waals surface area contributed by atoms with Gasteiger partial charge < -0.3 is 14.2 Å². The Balaban J connectivity index is 4.44. The number of ether oxygens (including phenoxy) is 3. The lowest BCUT2D eigenvalue weighted by molar-refractivity contribution is -0.167. The molecule has 0 amide bonds. The van der Waals surface area contributed by atoms with Crippen LogP contribution in [0.1, 0.15) is 284 Å². The van der Waals surface area contributed by atoms with E-state index in [0.29, 0.717) is 19.3 Å². The van der Waals surface area contributed by atoms with Gasteiger partial charge in [-0.3, -0.25) is 14.4 Å². The van der Waals surface area contributed by atoms with Crippen LogP contribution in [0.5, 0.6) is 0 Å². The zero-order valence-corrected chi connectivity index (χ0v) is 47.2. The van der Waals surface area contributed by atoms with Gasteiger partial charge in [0.2, 0.25) is 0 Å². The number of unbranched alkanes of at least 4 members (excludes halogenated alkanes) is 27. The van der Waals surface area contributed by atoms with Crippen LogP contribution in [0.15, 0.2) is 97.2 Å². The van der Waals surface area contributed by atoms with Gasteiger partial charge in [-0.2, -0.15) is 0 Å². The average molecular weight is 1000 g/mol. The van der Waals surface area contributed by atoms with Gasteiger partial charge in [-0.1, -0.05) is 240 Å². The minimum absolute atomic E-state index is 0.0898. The number of rotatable bonds is 54. The molecule has 0 aliphatic carbocycles. The number of esters is 3. The molecule has 0 aromatic carbocycles. The molecule has 0 aromatic rings. The van der Waals surface area contributed by atoms with Gasteiger partial charge in [0.15, 0.2) is 6.10 Å². The first-order valence-corrected chi connectivity index (χ1v) is 30.2. The third kappa shape index (κ3) is 57.2. The van der Waals surface area contributed by atoms with Gasteiger partial charge in [-0.05, 0) is 122 Å². The van der Waals surface area contributed by atoms with Crippen molar-refractivity contribution in [2.24, 2.45) is 0 Å². The lowest BCUT2D eigenvalue weighted by atomic mass is 10.1. The molecular formula is C66H112O6. The van der Waals surface area contributed by atoms with Gasteiger partial charge in [0.25, 0.3) is 0 Å². The van der Waals surface area contributed by atoms with E-state index in [9.17, 15) is 14.4 Å². The van der Waals surface area contributed by atoms with Gasteiger partial charge in [0.1, 0.15) is 13.2 Å². The van der Waals surface area contributed by atoms with E-state index < -0.39 is 6.10 Å². The average Bonchev–Trinajstić information content (AvgIpc) is 3.38. The van der Waals surface area contributed by atoms with Gasteiger partial charge in [0, 0.05) is 19.3 Å². The Labute approximate surface area is 445 Å². The van der Waals surface area contributed by atoms with Crippen molar-refractivity contribution in [1.82, 2.24) is 0 Å². The first-order valence-electron chi connectivity index (χ1n) is 30.2. The second-order valence-corrected chi connectivity index (χ2v) is 19.9. The standard InChI is InChI=1S/C66H112O6/c1-4-7-10-13-16-19-22-25-28-31-33-36-38-41-44-47-50-53-56-59-65(68)71-62-63(61-70-64(67)58-55-52-49-46-43-40-37-34-30-27-24-21-18-15-12-9-6-3)72-66(69)60-57-54-51-48-45-42-39-35-32-29-26-23-20-17-14-11-8-5-2/h7,10,16,18-21,23,25,27-30,32-33,36,63H,4-6,8-9,11-15,17,22,24,26,31,34-35,37-62H2,1-3H3/b10-7-,19-16-,21-18-,23-20-,28-25-,30-27-,32-29-,36-33-. The highest BCUT2D eigenvalue weighted by molar-refractivity contribution is 5.71. The number of hydrogen-bond donors (Lipinski definition) is 0. The number of carbonyl (C=O) groups excluding carboxylic acids is 3. The van der Waals surface area contributed by atoms with Crippen LogP contribution in [0.25, 0.3) is 0 Å². The summed E-state index contributed by atoms with van der Waals surface area (Å²) in [4.78, 5) is 38.3. The maximum absolute atomic E-state index is 12.9. The molecule has 0 bridgehead atoms. The van der Waals surface area contributed by atoms with Gasteiger partial charge >= 0.3 is 17.9 Å². The Kier molecular flexibility index (Phi) is 56.8. The Morgan fingerprint density at radius 3 is 0.875 bits per heavy atom. The quantitative estimate of drug-likeness (QED) is 0.0261. The zero-order chi connectivity index (χ0) is 52.2. The van der Waals surface area contributed by atoms with Crippen LogP contribution in [-0.4, -0.2) is 37.2 Å². The van der Waals surface area contributed by atoms with Crippen molar-refractivity contribution < 1.29 is 28.6 Å². The van der Waals surface area contributed by atoms with E-state index in [2.05, 4.69) is 118 Å². The van der Waals surface area contributed by atoms with Crippen molar-refractivity contribution in [1.29, 1.82) is 0 Å². The van der Waals surface area contributed by atoms with Crippen LogP contribution >= 0.6 is 0 Å². The summed E-state index contributed by atoms with van der Waals surface area (Å²) in [5.74, 6) is -0.913. The van der Waals surface area contributed by atoms with Crippen LogP contribution in [0.3, 0.4) is 0 Å². The van der Waals surface area contributed by atoms with Crippen molar-refractivity contribution in [3.63, 3.8) is 0 Å². The molecule has 0 radical (unpaired) electrons. The minimum Gasteiger partial charge on any atom is -0.462 e. The van der Waals surface area contributed by atoms with Crippen LogP contribution in [0, 0.1) is 0 Å². The van der Waals surface area contributed by atoms with Crippen molar-refractivity contribution in [2.45, 2.75) is 290 Å². The number of carbonyl (C=O) groups is 3. The van der Waals surface area contributed by atoms with Crippen LogP contribution < -0.4 is 0 Å². The Morgan fingerprint density at radius 1 is 0.292 bits per heavy atom. The van der Waals surface area contributed by atoms with E-state index in [1.165, 1.54) is 122 Å².